The van der Waals surface area contributed by atoms with Gasteiger partial charge in [-0.1, -0.05) is 11.2 Å². The third-order valence-electron chi connectivity index (χ3n) is 6.53. The number of nitrogens with zero attached hydrogens (tertiary/aromatic N) is 5. The van der Waals surface area contributed by atoms with Crippen LogP contribution in [0.3, 0.4) is 0 Å². The fraction of sp³-hybridized carbons (Fsp3) is 0.269. The summed E-state index contributed by atoms with van der Waals surface area (Å²) in [5, 5.41) is 14.1. The first kappa shape index (κ1) is 23.4. The fourth-order valence-electron chi connectivity index (χ4n) is 4.71. The molecule has 1 unspecified atom stereocenters. The summed E-state index contributed by atoms with van der Waals surface area (Å²) in [4.78, 5) is 39.4. The summed E-state index contributed by atoms with van der Waals surface area (Å²) >= 11 is 0. The Morgan fingerprint density at radius 3 is 2.72 bits per heavy atom. The molecule has 0 aliphatic rings. The van der Waals surface area contributed by atoms with Gasteiger partial charge >= 0.3 is 5.69 Å². The number of imidazole rings is 1. The van der Waals surface area contributed by atoms with Crippen LogP contribution in [0.25, 0.3) is 33.1 Å². The van der Waals surface area contributed by atoms with Crippen molar-refractivity contribution in [2.75, 3.05) is 18.6 Å². The number of benzene rings is 1. The molecule has 10 heteroatoms. The van der Waals surface area contributed by atoms with Crippen molar-refractivity contribution < 1.29 is 14.4 Å². The standard InChI is InChI=1S/C26H26N6O4/c1-14-24(16(3)36-30-14)18-11-20-17(12-22(18)31(4)23(34)8-10-33)25-21(13-28-20)29-26(35)32(25)15(2)19-7-5-6-9-27-19/h5-7,9,11-13,15,33H,8,10H2,1-4H3,(H,29,35). The quantitative estimate of drug-likeness (QED) is 0.376. The van der Waals surface area contributed by atoms with Gasteiger partial charge < -0.3 is 19.5 Å². The van der Waals surface area contributed by atoms with E-state index in [-0.39, 0.29) is 30.7 Å². The van der Waals surface area contributed by atoms with Gasteiger partial charge in [-0.3, -0.25) is 19.3 Å². The Kier molecular flexibility index (Phi) is 5.89. The molecular formula is C26H26N6O4. The third kappa shape index (κ3) is 3.75. The minimum absolute atomic E-state index is 0.0242. The highest BCUT2D eigenvalue weighted by atomic mass is 16.5. The molecule has 5 rings (SSSR count). The van der Waals surface area contributed by atoms with Gasteiger partial charge in [0.25, 0.3) is 0 Å². The number of aromatic amines is 1. The zero-order valence-electron chi connectivity index (χ0n) is 20.4. The van der Waals surface area contributed by atoms with E-state index < -0.39 is 0 Å². The zero-order valence-corrected chi connectivity index (χ0v) is 20.4. The van der Waals surface area contributed by atoms with Gasteiger partial charge in [0.15, 0.2) is 0 Å². The smallest absolute Gasteiger partial charge is 0.327 e. The van der Waals surface area contributed by atoms with Gasteiger partial charge in [0.05, 0.1) is 58.9 Å². The van der Waals surface area contributed by atoms with Gasteiger partial charge in [0, 0.05) is 29.8 Å². The maximum absolute atomic E-state index is 13.1. The van der Waals surface area contributed by atoms with E-state index in [1.54, 1.807) is 24.0 Å². The SMILES string of the molecule is Cc1noc(C)c1-c1cc2ncc3[nH]c(=O)n(C(C)c4ccccn4)c3c2cc1N(C)C(=O)CCO. The molecule has 0 saturated heterocycles. The number of aromatic nitrogens is 5. The highest BCUT2D eigenvalue weighted by Crippen LogP contribution is 2.39. The van der Waals surface area contributed by atoms with Gasteiger partial charge in [-0.05, 0) is 45.0 Å². The van der Waals surface area contributed by atoms with E-state index >= 15 is 0 Å². The highest BCUT2D eigenvalue weighted by molar-refractivity contribution is 6.09. The van der Waals surface area contributed by atoms with E-state index in [2.05, 4.69) is 20.1 Å². The zero-order chi connectivity index (χ0) is 25.6. The molecule has 0 saturated carbocycles. The number of aliphatic hydroxyl groups excluding tert-OH is 1. The summed E-state index contributed by atoms with van der Waals surface area (Å²) in [6.45, 7) is 5.31. The molecule has 0 fully saturated rings. The van der Waals surface area contributed by atoms with Crippen LogP contribution in [0.1, 0.15) is 36.5 Å². The number of anilines is 1. The number of aryl methyl sites for hydroxylation is 2. The Balaban J connectivity index is 1.83. The molecule has 2 N–H and O–H groups in total. The lowest BCUT2D eigenvalue weighted by Gasteiger charge is -2.22. The van der Waals surface area contributed by atoms with Gasteiger partial charge in [0.1, 0.15) is 5.76 Å². The topological polar surface area (TPSA) is 130 Å². The van der Waals surface area contributed by atoms with Crippen molar-refractivity contribution in [3.63, 3.8) is 0 Å². The van der Waals surface area contributed by atoms with E-state index in [4.69, 9.17) is 4.52 Å². The van der Waals surface area contributed by atoms with Gasteiger partial charge in [-0.2, -0.15) is 0 Å². The Hall–Kier alpha value is -4.31. The molecule has 5 aromatic rings. The van der Waals surface area contributed by atoms with Crippen molar-refractivity contribution in [3.05, 3.63) is 70.4 Å². The van der Waals surface area contributed by atoms with Crippen molar-refractivity contribution in [1.82, 2.24) is 24.7 Å². The number of aliphatic hydroxyl groups is 1. The van der Waals surface area contributed by atoms with E-state index in [1.807, 2.05) is 51.1 Å². The minimum Gasteiger partial charge on any atom is -0.396 e. The minimum atomic E-state index is -0.350. The molecule has 1 atom stereocenters. The molecule has 4 heterocycles. The Bertz CT molecular complexity index is 1630. The number of hydrogen-bond acceptors (Lipinski definition) is 7. The van der Waals surface area contributed by atoms with Gasteiger partial charge in [-0.25, -0.2) is 4.79 Å². The van der Waals surface area contributed by atoms with Crippen LogP contribution < -0.4 is 10.6 Å². The Morgan fingerprint density at radius 2 is 2.06 bits per heavy atom. The molecule has 36 heavy (non-hydrogen) atoms. The number of rotatable bonds is 6. The first-order valence-electron chi connectivity index (χ1n) is 11.6. The Labute approximate surface area is 206 Å². The number of amides is 1. The number of H-pyrrole nitrogens is 1. The molecule has 0 aliphatic heterocycles. The van der Waals surface area contributed by atoms with Crippen LogP contribution in [0.4, 0.5) is 5.69 Å². The van der Waals surface area contributed by atoms with Crippen LogP contribution in [-0.4, -0.2) is 49.3 Å². The molecule has 0 bridgehead atoms. The van der Waals surface area contributed by atoms with E-state index in [0.717, 1.165) is 16.8 Å². The molecule has 0 radical (unpaired) electrons. The predicted molar refractivity (Wildman–Crippen MR) is 136 cm³/mol. The van der Waals surface area contributed by atoms with Gasteiger partial charge in [0.2, 0.25) is 5.91 Å². The normalized spacial score (nSPS) is 12.4. The molecule has 0 spiro atoms. The third-order valence-corrected chi connectivity index (χ3v) is 6.53. The van der Waals surface area contributed by atoms with Crippen LogP contribution in [0.2, 0.25) is 0 Å². The molecule has 10 nitrogen and oxygen atoms in total. The second-order valence-corrected chi connectivity index (χ2v) is 8.76. The second-order valence-electron chi connectivity index (χ2n) is 8.76. The van der Waals surface area contributed by atoms with Crippen molar-refractivity contribution in [1.29, 1.82) is 0 Å². The van der Waals surface area contributed by atoms with Gasteiger partial charge in [-0.15, -0.1) is 0 Å². The fourth-order valence-corrected chi connectivity index (χ4v) is 4.71. The van der Waals surface area contributed by atoms with Crippen molar-refractivity contribution in [3.8, 4) is 11.1 Å². The van der Waals surface area contributed by atoms with Crippen LogP contribution in [0, 0.1) is 13.8 Å². The summed E-state index contributed by atoms with van der Waals surface area (Å²) in [5.74, 6) is 0.359. The lowest BCUT2D eigenvalue weighted by atomic mass is 9.98. The number of carbonyl (C=O) groups is 1. The van der Waals surface area contributed by atoms with E-state index in [1.165, 1.54) is 4.90 Å². The summed E-state index contributed by atoms with van der Waals surface area (Å²) in [6.07, 6.45) is 3.31. The first-order valence-corrected chi connectivity index (χ1v) is 11.6. The number of carbonyl (C=O) groups excluding carboxylic acids is 1. The first-order chi connectivity index (χ1) is 17.3. The summed E-state index contributed by atoms with van der Waals surface area (Å²) < 4.78 is 7.07. The molecule has 1 aromatic carbocycles. The maximum atomic E-state index is 13.1. The van der Waals surface area contributed by atoms with Crippen molar-refractivity contribution >= 4 is 33.5 Å². The van der Waals surface area contributed by atoms with Crippen LogP contribution >= 0.6 is 0 Å². The molecular weight excluding hydrogens is 460 g/mol. The van der Waals surface area contributed by atoms with Crippen LogP contribution in [0.5, 0.6) is 0 Å². The average Bonchev–Trinajstić information content (AvgIpc) is 3.40. The molecule has 184 valence electrons. The largest absolute Gasteiger partial charge is 0.396 e. The summed E-state index contributed by atoms with van der Waals surface area (Å²) in [7, 11) is 1.66. The molecule has 1 amide bonds. The summed E-state index contributed by atoms with van der Waals surface area (Å²) in [5.41, 5.74) is 5.12. The number of pyridine rings is 2. The van der Waals surface area contributed by atoms with Crippen molar-refractivity contribution in [2.24, 2.45) is 0 Å². The monoisotopic (exact) mass is 486 g/mol. The predicted octanol–water partition coefficient (Wildman–Crippen LogP) is 3.50. The average molecular weight is 487 g/mol. The second kappa shape index (κ2) is 9.04. The Morgan fingerprint density at radius 1 is 1.25 bits per heavy atom. The number of hydrogen-bond donors (Lipinski definition) is 2. The van der Waals surface area contributed by atoms with Crippen LogP contribution in [0.15, 0.2) is 52.0 Å². The summed E-state index contributed by atoms with van der Waals surface area (Å²) in [6, 6.07) is 8.98. The number of nitrogens with one attached hydrogen (secondary N) is 1. The maximum Gasteiger partial charge on any atom is 0.327 e. The number of fused-ring (bicyclic) bond motifs is 3. The van der Waals surface area contributed by atoms with E-state index in [0.29, 0.717) is 39.1 Å². The molecule has 0 aliphatic carbocycles. The van der Waals surface area contributed by atoms with Crippen LogP contribution in [-0.2, 0) is 4.79 Å². The lowest BCUT2D eigenvalue weighted by Crippen LogP contribution is -2.27. The van der Waals surface area contributed by atoms with Crippen molar-refractivity contribution in [2.45, 2.75) is 33.2 Å². The van der Waals surface area contributed by atoms with E-state index in [9.17, 15) is 14.7 Å². The lowest BCUT2D eigenvalue weighted by molar-refractivity contribution is -0.118. The highest BCUT2D eigenvalue weighted by Gasteiger charge is 2.24. The molecule has 4 aromatic heterocycles.